The Bertz CT molecular complexity index is 602. The molecule has 2 aromatic carbocycles. The van der Waals surface area contributed by atoms with Crippen molar-refractivity contribution in [2.24, 2.45) is 0 Å². The largest absolute Gasteiger partial charge is 0.343 e. The van der Waals surface area contributed by atoms with E-state index in [1.54, 1.807) is 30.3 Å². The number of nitrogens with zero attached hydrogens (tertiary/aromatic N) is 2. The molecule has 90 valence electrons. The lowest BCUT2D eigenvalue weighted by atomic mass is 10.2. The summed E-state index contributed by atoms with van der Waals surface area (Å²) in [5.41, 5.74) is 2.10. The summed E-state index contributed by atoms with van der Waals surface area (Å²) in [6.07, 6.45) is 0. The molecule has 0 N–H and O–H groups in total. The first-order valence-corrected chi connectivity index (χ1v) is 5.68. The van der Waals surface area contributed by atoms with Crippen molar-refractivity contribution in [3.05, 3.63) is 58.9 Å². The normalized spacial score (nSPS) is 9.89. The van der Waals surface area contributed by atoms with Gasteiger partial charge in [-0.25, -0.2) is 4.39 Å². The van der Waals surface area contributed by atoms with Crippen molar-refractivity contribution in [3.8, 4) is 6.07 Å². The number of anilines is 2. The standard InChI is InChI=1S/C14H10ClFN2/c1-18(12-5-3-11(16)4-6-12)14-7-2-10(9-17)8-13(14)15/h2-8H,1H3. The van der Waals surface area contributed by atoms with E-state index in [4.69, 9.17) is 16.9 Å². The molecular weight excluding hydrogens is 251 g/mol. The summed E-state index contributed by atoms with van der Waals surface area (Å²) in [4.78, 5) is 1.84. The smallest absolute Gasteiger partial charge is 0.123 e. The average molecular weight is 261 g/mol. The molecule has 2 nitrogen and oxygen atoms in total. The first-order chi connectivity index (χ1) is 8.61. The van der Waals surface area contributed by atoms with Crippen LogP contribution in [0.4, 0.5) is 15.8 Å². The van der Waals surface area contributed by atoms with Crippen molar-refractivity contribution >= 4 is 23.0 Å². The fraction of sp³-hybridized carbons (Fsp3) is 0.0714. The van der Waals surface area contributed by atoms with Crippen molar-refractivity contribution in [2.45, 2.75) is 0 Å². The van der Waals surface area contributed by atoms with Crippen molar-refractivity contribution in [1.29, 1.82) is 5.26 Å². The zero-order valence-corrected chi connectivity index (χ0v) is 10.4. The predicted octanol–water partition coefficient (Wildman–Crippen LogP) is 4.12. The van der Waals surface area contributed by atoms with E-state index in [9.17, 15) is 4.39 Å². The van der Waals surface area contributed by atoms with Crippen LogP contribution in [0.5, 0.6) is 0 Å². The molecule has 0 aliphatic rings. The third kappa shape index (κ3) is 2.44. The number of benzene rings is 2. The van der Waals surface area contributed by atoms with Gasteiger partial charge in [0.05, 0.1) is 22.3 Å². The first kappa shape index (κ1) is 12.4. The molecule has 0 aliphatic heterocycles. The summed E-state index contributed by atoms with van der Waals surface area (Å²) in [6.45, 7) is 0. The zero-order chi connectivity index (χ0) is 13.1. The maximum Gasteiger partial charge on any atom is 0.123 e. The lowest BCUT2D eigenvalue weighted by Crippen LogP contribution is -2.09. The van der Waals surface area contributed by atoms with Gasteiger partial charge in [0.25, 0.3) is 0 Å². The third-order valence-corrected chi connectivity index (χ3v) is 2.95. The summed E-state index contributed by atoms with van der Waals surface area (Å²) in [7, 11) is 1.83. The molecular formula is C14H10ClFN2. The zero-order valence-electron chi connectivity index (χ0n) is 9.69. The Labute approximate surface area is 110 Å². The van der Waals surface area contributed by atoms with Crippen LogP contribution in [0, 0.1) is 17.1 Å². The van der Waals surface area contributed by atoms with Gasteiger partial charge in [0.15, 0.2) is 0 Å². The Hall–Kier alpha value is -2.05. The maximum absolute atomic E-state index is 12.8. The van der Waals surface area contributed by atoms with Crippen molar-refractivity contribution in [3.63, 3.8) is 0 Å². The van der Waals surface area contributed by atoms with E-state index in [-0.39, 0.29) is 5.82 Å². The summed E-state index contributed by atoms with van der Waals surface area (Å²) in [5.74, 6) is -0.280. The van der Waals surface area contributed by atoms with Gasteiger partial charge >= 0.3 is 0 Å². The van der Waals surface area contributed by atoms with Crippen LogP contribution in [0.25, 0.3) is 0 Å². The van der Waals surface area contributed by atoms with Crippen LogP contribution in [-0.2, 0) is 0 Å². The molecule has 0 unspecified atom stereocenters. The van der Waals surface area contributed by atoms with E-state index in [2.05, 4.69) is 0 Å². The molecule has 0 spiro atoms. The Kier molecular flexibility index (Phi) is 3.50. The van der Waals surface area contributed by atoms with Gasteiger partial charge in [-0.1, -0.05) is 11.6 Å². The second-order valence-corrected chi connectivity index (χ2v) is 4.22. The molecule has 0 atom stereocenters. The molecule has 0 aromatic heterocycles. The summed E-state index contributed by atoms with van der Waals surface area (Å²) in [5, 5.41) is 9.26. The number of nitriles is 1. The van der Waals surface area contributed by atoms with E-state index in [0.29, 0.717) is 10.6 Å². The number of rotatable bonds is 2. The van der Waals surface area contributed by atoms with Gasteiger partial charge in [-0.3, -0.25) is 0 Å². The van der Waals surface area contributed by atoms with E-state index in [0.717, 1.165) is 11.4 Å². The van der Waals surface area contributed by atoms with Gasteiger partial charge in [-0.15, -0.1) is 0 Å². The van der Waals surface area contributed by atoms with Crippen LogP contribution in [0.3, 0.4) is 0 Å². The van der Waals surface area contributed by atoms with Crippen LogP contribution in [-0.4, -0.2) is 7.05 Å². The molecule has 0 radical (unpaired) electrons. The molecule has 0 saturated heterocycles. The van der Waals surface area contributed by atoms with Crippen LogP contribution in [0.1, 0.15) is 5.56 Å². The Morgan fingerprint density at radius 3 is 2.39 bits per heavy atom. The average Bonchev–Trinajstić information content (AvgIpc) is 2.38. The quantitative estimate of drug-likeness (QED) is 0.812. The highest BCUT2D eigenvalue weighted by atomic mass is 35.5. The highest BCUT2D eigenvalue weighted by molar-refractivity contribution is 6.33. The lowest BCUT2D eigenvalue weighted by molar-refractivity contribution is 0.628. The molecule has 2 aromatic rings. The Morgan fingerprint density at radius 1 is 1.17 bits per heavy atom. The third-order valence-electron chi connectivity index (χ3n) is 2.65. The van der Waals surface area contributed by atoms with Crippen LogP contribution < -0.4 is 4.90 Å². The van der Waals surface area contributed by atoms with Gasteiger partial charge in [-0.05, 0) is 42.5 Å². The van der Waals surface area contributed by atoms with E-state index in [1.807, 2.05) is 18.0 Å². The van der Waals surface area contributed by atoms with Gasteiger partial charge in [0.2, 0.25) is 0 Å². The fourth-order valence-electron chi connectivity index (χ4n) is 1.65. The Morgan fingerprint density at radius 2 is 1.83 bits per heavy atom. The number of hydrogen-bond acceptors (Lipinski definition) is 2. The second-order valence-electron chi connectivity index (χ2n) is 3.81. The monoisotopic (exact) mass is 260 g/mol. The van der Waals surface area contributed by atoms with Crippen LogP contribution in [0.15, 0.2) is 42.5 Å². The molecule has 2 rings (SSSR count). The van der Waals surface area contributed by atoms with Gasteiger partial charge in [0, 0.05) is 12.7 Å². The molecule has 0 saturated carbocycles. The minimum absolute atomic E-state index is 0.280. The van der Waals surface area contributed by atoms with Crippen molar-refractivity contribution in [2.75, 3.05) is 11.9 Å². The maximum atomic E-state index is 12.8. The minimum atomic E-state index is -0.280. The highest BCUT2D eigenvalue weighted by Gasteiger charge is 2.09. The molecule has 0 aliphatic carbocycles. The number of halogens is 2. The molecule has 0 fully saturated rings. The van der Waals surface area contributed by atoms with E-state index in [1.165, 1.54) is 12.1 Å². The first-order valence-electron chi connectivity index (χ1n) is 5.31. The highest BCUT2D eigenvalue weighted by Crippen LogP contribution is 2.31. The van der Waals surface area contributed by atoms with Gasteiger partial charge in [0.1, 0.15) is 5.82 Å². The Balaban J connectivity index is 2.37. The van der Waals surface area contributed by atoms with E-state index < -0.39 is 0 Å². The summed E-state index contributed by atoms with van der Waals surface area (Å²) >= 11 is 6.12. The molecule has 0 amide bonds. The topological polar surface area (TPSA) is 27.0 Å². The lowest BCUT2D eigenvalue weighted by Gasteiger charge is -2.20. The number of hydrogen-bond donors (Lipinski definition) is 0. The van der Waals surface area contributed by atoms with Gasteiger partial charge < -0.3 is 4.90 Å². The van der Waals surface area contributed by atoms with Gasteiger partial charge in [-0.2, -0.15) is 5.26 Å². The summed E-state index contributed by atoms with van der Waals surface area (Å²) < 4.78 is 12.8. The second kappa shape index (κ2) is 5.07. The van der Waals surface area contributed by atoms with Crippen LogP contribution >= 0.6 is 11.6 Å². The minimum Gasteiger partial charge on any atom is -0.343 e. The molecule has 0 heterocycles. The van der Waals surface area contributed by atoms with Crippen LogP contribution in [0.2, 0.25) is 5.02 Å². The molecule has 4 heteroatoms. The molecule has 18 heavy (non-hydrogen) atoms. The predicted molar refractivity (Wildman–Crippen MR) is 70.6 cm³/mol. The molecule has 0 bridgehead atoms. The van der Waals surface area contributed by atoms with Crippen molar-refractivity contribution in [1.82, 2.24) is 0 Å². The fourth-order valence-corrected chi connectivity index (χ4v) is 1.96. The van der Waals surface area contributed by atoms with E-state index >= 15 is 0 Å². The van der Waals surface area contributed by atoms with Crippen molar-refractivity contribution < 1.29 is 4.39 Å². The summed E-state index contributed by atoms with van der Waals surface area (Å²) in [6, 6.07) is 13.2. The SMILES string of the molecule is CN(c1ccc(F)cc1)c1ccc(C#N)cc1Cl.